The molecule has 4 heteroatoms. The third-order valence-corrected chi connectivity index (χ3v) is 4.14. The Labute approximate surface area is 108 Å². The van der Waals surface area contributed by atoms with Crippen molar-refractivity contribution < 1.29 is 19.3 Å². The normalized spacial score (nSPS) is 45.4. The van der Waals surface area contributed by atoms with Crippen LogP contribution in [0.15, 0.2) is 12.2 Å². The first-order valence-corrected chi connectivity index (χ1v) is 7.05. The molecule has 0 aliphatic carbocycles. The maximum absolute atomic E-state index is 9.36. The molecule has 1 N–H and O–H groups in total. The molecule has 3 heterocycles. The van der Waals surface area contributed by atoms with Crippen LogP contribution in [0.2, 0.25) is 0 Å². The van der Waals surface area contributed by atoms with E-state index in [4.69, 9.17) is 14.2 Å². The van der Waals surface area contributed by atoms with Crippen LogP contribution >= 0.6 is 0 Å². The lowest BCUT2D eigenvalue weighted by Crippen LogP contribution is -2.38. The number of ether oxygens (including phenoxy) is 3. The minimum absolute atomic E-state index is 0.00227. The van der Waals surface area contributed by atoms with Crippen molar-refractivity contribution in [2.75, 3.05) is 6.61 Å². The van der Waals surface area contributed by atoms with Crippen LogP contribution in [-0.2, 0) is 14.2 Å². The predicted molar refractivity (Wildman–Crippen MR) is 66.1 cm³/mol. The lowest BCUT2D eigenvalue weighted by Gasteiger charge is -2.20. The largest absolute Gasteiger partial charge is 0.393 e. The summed E-state index contributed by atoms with van der Waals surface area (Å²) in [5.74, 6) is 0. The first-order chi connectivity index (χ1) is 8.79. The van der Waals surface area contributed by atoms with Crippen molar-refractivity contribution in [3.05, 3.63) is 12.2 Å². The highest BCUT2D eigenvalue weighted by Gasteiger charge is 2.68. The Morgan fingerprint density at radius 3 is 3.00 bits per heavy atom. The number of epoxide rings is 1. The lowest BCUT2D eigenvalue weighted by molar-refractivity contribution is -0.0908. The van der Waals surface area contributed by atoms with E-state index >= 15 is 0 Å². The van der Waals surface area contributed by atoms with Crippen LogP contribution in [-0.4, -0.2) is 41.9 Å². The molecule has 3 saturated heterocycles. The van der Waals surface area contributed by atoms with Gasteiger partial charge in [-0.25, -0.2) is 0 Å². The summed E-state index contributed by atoms with van der Waals surface area (Å²) in [4.78, 5) is 0. The molecular weight excluding hydrogens is 232 g/mol. The quantitative estimate of drug-likeness (QED) is 0.446. The van der Waals surface area contributed by atoms with Gasteiger partial charge in [0.1, 0.15) is 23.9 Å². The highest BCUT2D eigenvalue weighted by molar-refractivity contribution is 5.16. The zero-order valence-corrected chi connectivity index (χ0v) is 10.9. The minimum atomic E-state index is -0.363. The average Bonchev–Trinajstić information content (AvgIpc) is 3.01. The molecule has 0 aromatic rings. The molecule has 18 heavy (non-hydrogen) atoms. The van der Waals surface area contributed by atoms with Gasteiger partial charge >= 0.3 is 0 Å². The number of aliphatic hydroxyl groups is 1. The van der Waals surface area contributed by atoms with Crippen LogP contribution in [0, 0.1) is 0 Å². The summed E-state index contributed by atoms with van der Waals surface area (Å²) < 4.78 is 17.2. The number of hydrogen-bond acceptors (Lipinski definition) is 4. The van der Waals surface area contributed by atoms with Crippen LogP contribution in [0.25, 0.3) is 0 Å². The summed E-state index contributed by atoms with van der Waals surface area (Å²) in [6, 6.07) is 0. The second-order valence-electron chi connectivity index (χ2n) is 5.52. The van der Waals surface area contributed by atoms with Gasteiger partial charge < -0.3 is 19.3 Å². The lowest BCUT2D eigenvalue weighted by atomic mass is 9.94. The van der Waals surface area contributed by atoms with Gasteiger partial charge in [0.25, 0.3) is 0 Å². The first-order valence-electron chi connectivity index (χ1n) is 7.05. The second kappa shape index (κ2) is 4.93. The number of unbranched alkanes of at least 4 members (excludes halogenated alkanes) is 3. The molecule has 3 aliphatic rings. The van der Waals surface area contributed by atoms with Crippen LogP contribution in [0.3, 0.4) is 0 Å². The van der Waals surface area contributed by atoms with Gasteiger partial charge in [-0.05, 0) is 12.8 Å². The maximum atomic E-state index is 9.36. The van der Waals surface area contributed by atoms with E-state index in [9.17, 15) is 5.11 Å². The molecule has 5 atom stereocenters. The first kappa shape index (κ1) is 12.6. The molecule has 3 rings (SSSR count). The molecule has 0 unspecified atom stereocenters. The van der Waals surface area contributed by atoms with Crippen LogP contribution < -0.4 is 0 Å². The summed E-state index contributed by atoms with van der Waals surface area (Å²) in [5.41, 5.74) is -0.363. The molecule has 0 spiro atoms. The van der Waals surface area contributed by atoms with Crippen molar-refractivity contribution in [3.8, 4) is 0 Å². The number of hydrogen-bond donors (Lipinski definition) is 1. The van der Waals surface area contributed by atoms with Gasteiger partial charge in [0.05, 0.1) is 6.61 Å². The predicted octanol–water partition coefficient (Wildman–Crippen LogP) is 1.77. The van der Waals surface area contributed by atoms with Crippen molar-refractivity contribution in [3.63, 3.8) is 0 Å². The van der Waals surface area contributed by atoms with Crippen molar-refractivity contribution >= 4 is 0 Å². The molecule has 4 nitrogen and oxygen atoms in total. The van der Waals surface area contributed by atoms with Gasteiger partial charge in [-0.1, -0.05) is 31.9 Å². The molecular formula is C14H22O4. The molecule has 102 valence electrons. The van der Waals surface area contributed by atoms with Crippen molar-refractivity contribution in [2.45, 2.75) is 69.2 Å². The Morgan fingerprint density at radius 1 is 1.33 bits per heavy atom. The zero-order chi connectivity index (χ0) is 12.6. The standard InChI is InChI=1S/C14H22O4/c1-2-3-4-5-6-7-10-12-13-14(9-15,18-13)8-11(16-10)17-12/h6-7,10-13,15H,2-5,8-9H2,1H3/b7-6+/t10-,11+,12+,13-,14-/m0/s1. The van der Waals surface area contributed by atoms with E-state index in [1.54, 1.807) is 0 Å². The average molecular weight is 254 g/mol. The summed E-state index contributed by atoms with van der Waals surface area (Å²) in [6.45, 7) is 2.28. The monoisotopic (exact) mass is 254 g/mol. The highest BCUT2D eigenvalue weighted by atomic mass is 16.8. The van der Waals surface area contributed by atoms with Gasteiger partial charge in [0.15, 0.2) is 6.29 Å². The summed E-state index contributed by atoms with van der Waals surface area (Å²) in [7, 11) is 0. The summed E-state index contributed by atoms with van der Waals surface area (Å²) >= 11 is 0. The van der Waals surface area contributed by atoms with Crippen molar-refractivity contribution in [2.24, 2.45) is 0 Å². The zero-order valence-electron chi connectivity index (χ0n) is 10.9. The van der Waals surface area contributed by atoms with Gasteiger partial charge in [-0.3, -0.25) is 0 Å². The smallest absolute Gasteiger partial charge is 0.162 e. The van der Waals surface area contributed by atoms with Gasteiger partial charge in [-0.15, -0.1) is 0 Å². The van der Waals surface area contributed by atoms with E-state index in [1.807, 2.05) is 0 Å². The topological polar surface area (TPSA) is 51.2 Å². The number of aliphatic hydroxyl groups excluding tert-OH is 1. The Balaban J connectivity index is 1.53. The van der Waals surface area contributed by atoms with Crippen LogP contribution in [0.1, 0.15) is 39.0 Å². The number of fused-ring (bicyclic) bond motifs is 4. The molecule has 3 aliphatic heterocycles. The fraction of sp³-hybridized carbons (Fsp3) is 0.857. The Kier molecular flexibility index (Phi) is 3.45. The molecule has 0 aromatic heterocycles. The Hall–Kier alpha value is -0.420. The maximum Gasteiger partial charge on any atom is 0.162 e. The van der Waals surface area contributed by atoms with Crippen molar-refractivity contribution in [1.29, 1.82) is 0 Å². The van der Waals surface area contributed by atoms with E-state index in [0.29, 0.717) is 6.42 Å². The second-order valence-corrected chi connectivity index (χ2v) is 5.52. The third-order valence-electron chi connectivity index (χ3n) is 4.14. The van der Waals surface area contributed by atoms with E-state index in [-0.39, 0.29) is 36.8 Å². The molecule has 0 aromatic carbocycles. The van der Waals surface area contributed by atoms with E-state index < -0.39 is 0 Å². The van der Waals surface area contributed by atoms with Gasteiger partial charge in [0, 0.05) is 6.42 Å². The molecule has 0 amide bonds. The fourth-order valence-electron chi connectivity index (χ4n) is 3.00. The minimum Gasteiger partial charge on any atom is -0.393 e. The highest BCUT2D eigenvalue weighted by Crippen LogP contribution is 2.52. The van der Waals surface area contributed by atoms with E-state index in [0.717, 1.165) is 6.42 Å². The summed E-state index contributed by atoms with van der Waals surface area (Å²) in [6.07, 6.45) is 9.59. The van der Waals surface area contributed by atoms with Gasteiger partial charge in [0.2, 0.25) is 0 Å². The molecule has 3 fully saturated rings. The van der Waals surface area contributed by atoms with Gasteiger partial charge in [-0.2, -0.15) is 0 Å². The number of rotatable bonds is 6. The van der Waals surface area contributed by atoms with Crippen LogP contribution in [0.5, 0.6) is 0 Å². The SMILES string of the molecule is CCCCC/C=C/[C@@H]1O[C@H]2C[C@@]3(CO)O[C@H]3[C@@H]1O2. The van der Waals surface area contributed by atoms with E-state index in [2.05, 4.69) is 19.1 Å². The Morgan fingerprint density at radius 2 is 2.22 bits per heavy atom. The molecule has 0 radical (unpaired) electrons. The van der Waals surface area contributed by atoms with Crippen LogP contribution in [0.4, 0.5) is 0 Å². The molecule has 2 bridgehead atoms. The summed E-state index contributed by atoms with van der Waals surface area (Å²) in [5, 5.41) is 9.36. The van der Waals surface area contributed by atoms with Crippen molar-refractivity contribution in [1.82, 2.24) is 0 Å². The van der Waals surface area contributed by atoms with E-state index in [1.165, 1.54) is 19.3 Å². The molecule has 0 saturated carbocycles. The Bertz CT molecular complexity index is 330. The number of allylic oxidation sites excluding steroid dienone is 1. The fourth-order valence-corrected chi connectivity index (χ4v) is 3.00. The third kappa shape index (κ3) is 2.11.